The maximum absolute atomic E-state index is 13.1. The van der Waals surface area contributed by atoms with Crippen molar-refractivity contribution < 1.29 is 9.53 Å². The number of rotatable bonds is 7. The van der Waals surface area contributed by atoms with Crippen LogP contribution in [0.4, 0.5) is 5.69 Å². The summed E-state index contributed by atoms with van der Waals surface area (Å²) < 4.78 is 6.11. The highest BCUT2D eigenvalue weighted by Gasteiger charge is 2.60. The molecule has 1 aliphatic carbocycles. The Morgan fingerprint density at radius 1 is 1.23 bits per heavy atom. The van der Waals surface area contributed by atoms with Gasteiger partial charge in [-0.15, -0.1) is 0 Å². The Balaban J connectivity index is 1.53. The number of aryl methyl sites for hydroxylation is 2. The van der Waals surface area contributed by atoms with Gasteiger partial charge in [0.05, 0.1) is 36.9 Å². The number of nitrogens with one attached hydrogen (secondary N) is 1. The number of ether oxygens (including phenoxy) is 1. The minimum Gasteiger partial charge on any atom is -0.489 e. The molecule has 1 aromatic heterocycles. The standard InChI is InChI=1S/C25H24N4O2/c1-17-23(15-27-18(2)28-17)31-16-25(20-8-4-3-5-9-20)14-22(25)24(30)29-21-10-6-7-19(13-21)11-12-26/h3-10,13,15,22H,11,14,16H2,1-2H3,(H,29,30)/t22-,25+/m0/s1. The minimum absolute atomic E-state index is 0.0431. The molecule has 1 saturated carbocycles. The zero-order valence-electron chi connectivity index (χ0n) is 17.6. The van der Waals surface area contributed by atoms with Gasteiger partial charge in [0, 0.05) is 11.1 Å². The number of amides is 1. The molecule has 0 bridgehead atoms. The van der Waals surface area contributed by atoms with Gasteiger partial charge in [-0.1, -0.05) is 42.5 Å². The molecule has 0 aliphatic heterocycles. The predicted molar refractivity (Wildman–Crippen MR) is 118 cm³/mol. The fourth-order valence-electron chi connectivity index (χ4n) is 3.98. The molecule has 0 radical (unpaired) electrons. The summed E-state index contributed by atoms with van der Waals surface area (Å²) >= 11 is 0. The zero-order valence-corrected chi connectivity index (χ0v) is 17.6. The van der Waals surface area contributed by atoms with Crippen LogP contribution >= 0.6 is 0 Å². The van der Waals surface area contributed by atoms with Crippen LogP contribution < -0.4 is 10.1 Å². The molecule has 31 heavy (non-hydrogen) atoms. The van der Waals surface area contributed by atoms with E-state index in [2.05, 4.69) is 21.4 Å². The zero-order chi connectivity index (χ0) is 21.8. The molecule has 2 atom stereocenters. The quantitative estimate of drug-likeness (QED) is 0.630. The van der Waals surface area contributed by atoms with E-state index in [1.165, 1.54) is 0 Å². The highest BCUT2D eigenvalue weighted by Crippen LogP contribution is 2.55. The average molecular weight is 412 g/mol. The number of hydrogen-bond acceptors (Lipinski definition) is 5. The number of hydrogen-bond donors (Lipinski definition) is 1. The number of carbonyl (C=O) groups excluding carboxylic acids is 1. The first-order valence-corrected chi connectivity index (χ1v) is 10.3. The molecule has 0 unspecified atom stereocenters. The molecule has 6 heteroatoms. The Morgan fingerprint density at radius 3 is 2.77 bits per heavy atom. The first-order chi connectivity index (χ1) is 15.0. The second-order valence-electron chi connectivity index (χ2n) is 7.96. The summed E-state index contributed by atoms with van der Waals surface area (Å²) in [5.74, 6) is 1.08. The lowest BCUT2D eigenvalue weighted by molar-refractivity contribution is -0.117. The van der Waals surface area contributed by atoms with Crippen molar-refractivity contribution >= 4 is 11.6 Å². The minimum atomic E-state index is -0.396. The van der Waals surface area contributed by atoms with Gasteiger partial charge in [-0.2, -0.15) is 5.26 Å². The SMILES string of the molecule is Cc1ncc(OC[C@@]2(c3ccccc3)C[C@H]2C(=O)Nc2cccc(CC#N)c2)c(C)n1. The molecule has 1 N–H and O–H groups in total. The van der Waals surface area contributed by atoms with Crippen molar-refractivity contribution in [2.45, 2.75) is 32.1 Å². The Bertz CT molecular complexity index is 1140. The molecule has 1 aliphatic rings. The van der Waals surface area contributed by atoms with Gasteiger partial charge in [-0.3, -0.25) is 4.79 Å². The van der Waals surface area contributed by atoms with E-state index in [1.54, 1.807) is 6.20 Å². The van der Waals surface area contributed by atoms with Gasteiger partial charge in [-0.25, -0.2) is 9.97 Å². The summed E-state index contributed by atoms with van der Waals surface area (Å²) in [6.07, 6.45) is 2.70. The van der Waals surface area contributed by atoms with Crippen LogP contribution in [0, 0.1) is 31.1 Å². The second-order valence-corrected chi connectivity index (χ2v) is 7.96. The third-order valence-corrected chi connectivity index (χ3v) is 5.76. The number of aromatic nitrogens is 2. The van der Waals surface area contributed by atoms with Crippen molar-refractivity contribution in [3.8, 4) is 11.8 Å². The third kappa shape index (κ3) is 4.41. The second kappa shape index (κ2) is 8.57. The van der Waals surface area contributed by atoms with Gasteiger partial charge in [-0.05, 0) is 43.5 Å². The molecule has 1 heterocycles. The van der Waals surface area contributed by atoms with Crippen molar-refractivity contribution in [3.05, 3.63) is 83.4 Å². The summed E-state index contributed by atoms with van der Waals surface area (Å²) in [7, 11) is 0. The van der Waals surface area contributed by atoms with E-state index in [9.17, 15) is 4.79 Å². The monoisotopic (exact) mass is 412 g/mol. The van der Waals surface area contributed by atoms with Crippen molar-refractivity contribution in [1.82, 2.24) is 9.97 Å². The lowest BCUT2D eigenvalue weighted by Gasteiger charge is -2.19. The largest absolute Gasteiger partial charge is 0.489 e. The molecular weight excluding hydrogens is 388 g/mol. The van der Waals surface area contributed by atoms with Gasteiger partial charge in [0.2, 0.25) is 5.91 Å². The van der Waals surface area contributed by atoms with Crippen LogP contribution in [0.1, 0.15) is 29.1 Å². The van der Waals surface area contributed by atoms with E-state index in [4.69, 9.17) is 10.00 Å². The van der Waals surface area contributed by atoms with Crippen LogP contribution in [-0.4, -0.2) is 22.5 Å². The van der Waals surface area contributed by atoms with Crippen molar-refractivity contribution in [2.24, 2.45) is 5.92 Å². The molecule has 6 nitrogen and oxygen atoms in total. The van der Waals surface area contributed by atoms with E-state index >= 15 is 0 Å². The van der Waals surface area contributed by atoms with Crippen LogP contribution in [0.2, 0.25) is 0 Å². The number of nitriles is 1. The van der Waals surface area contributed by atoms with E-state index in [-0.39, 0.29) is 11.8 Å². The van der Waals surface area contributed by atoms with Crippen LogP contribution in [0.3, 0.4) is 0 Å². The molecule has 0 spiro atoms. The highest BCUT2D eigenvalue weighted by atomic mass is 16.5. The van der Waals surface area contributed by atoms with E-state index in [0.29, 0.717) is 36.7 Å². The topological polar surface area (TPSA) is 87.9 Å². The van der Waals surface area contributed by atoms with E-state index in [0.717, 1.165) is 16.8 Å². The van der Waals surface area contributed by atoms with E-state index in [1.807, 2.05) is 68.4 Å². The number of benzene rings is 2. The van der Waals surface area contributed by atoms with Crippen LogP contribution in [0.15, 0.2) is 60.8 Å². The number of anilines is 1. The maximum atomic E-state index is 13.1. The molecule has 3 aromatic rings. The predicted octanol–water partition coefficient (Wildman–Crippen LogP) is 4.13. The van der Waals surface area contributed by atoms with Crippen molar-refractivity contribution in [3.63, 3.8) is 0 Å². The Labute approximate surface area is 181 Å². The fourth-order valence-corrected chi connectivity index (χ4v) is 3.98. The lowest BCUT2D eigenvalue weighted by Crippen LogP contribution is -2.26. The van der Waals surface area contributed by atoms with Gasteiger partial charge < -0.3 is 10.1 Å². The van der Waals surface area contributed by atoms with Crippen molar-refractivity contribution in [2.75, 3.05) is 11.9 Å². The van der Waals surface area contributed by atoms with Crippen LogP contribution in [0.25, 0.3) is 0 Å². The van der Waals surface area contributed by atoms with Gasteiger partial charge in [0.25, 0.3) is 0 Å². The lowest BCUT2D eigenvalue weighted by atomic mass is 9.93. The average Bonchev–Trinajstić information content (AvgIpc) is 3.50. The third-order valence-electron chi connectivity index (χ3n) is 5.76. The summed E-state index contributed by atoms with van der Waals surface area (Å²) in [5.41, 5.74) is 3.05. The summed E-state index contributed by atoms with van der Waals surface area (Å²) in [6.45, 7) is 4.11. The number of carbonyl (C=O) groups is 1. The van der Waals surface area contributed by atoms with E-state index < -0.39 is 5.41 Å². The smallest absolute Gasteiger partial charge is 0.228 e. The van der Waals surface area contributed by atoms with Gasteiger partial charge in [0.1, 0.15) is 5.82 Å². The molecular formula is C25H24N4O2. The normalized spacial score (nSPS) is 19.3. The van der Waals surface area contributed by atoms with Crippen molar-refractivity contribution in [1.29, 1.82) is 5.26 Å². The Hall–Kier alpha value is -3.72. The molecule has 1 fully saturated rings. The molecule has 156 valence electrons. The Kier molecular flexibility index (Phi) is 5.68. The molecule has 2 aromatic carbocycles. The first kappa shape index (κ1) is 20.5. The van der Waals surface area contributed by atoms with Crippen LogP contribution in [-0.2, 0) is 16.6 Å². The molecule has 1 amide bonds. The summed E-state index contributed by atoms with van der Waals surface area (Å²) in [6, 6.07) is 19.6. The Morgan fingerprint density at radius 2 is 2.03 bits per heavy atom. The maximum Gasteiger partial charge on any atom is 0.228 e. The highest BCUT2D eigenvalue weighted by molar-refractivity contribution is 5.96. The summed E-state index contributed by atoms with van der Waals surface area (Å²) in [5, 5.41) is 11.9. The summed E-state index contributed by atoms with van der Waals surface area (Å²) in [4.78, 5) is 21.7. The molecule has 4 rings (SSSR count). The van der Waals surface area contributed by atoms with Gasteiger partial charge in [0.15, 0.2) is 5.75 Å². The van der Waals surface area contributed by atoms with Crippen LogP contribution in [0.5, 0.6) is 5.75 Å². The fraction of sp³-hybridized carbons (Fsp3) is 0.280. The van der Waals surface area contributed by atoms with Gasteiger partial charge >= 0.3 is 0 Å². The molecule has 0 saturated heterocycles. The number of nitrogens with zero attached hydrogens (tertiary/aromatic N) is 3. The first-order valence-electron chi connectivity index (χ1n) is 10.3.